The minimum Gasteiger partial charge on any atom is -0.496 e. The Hall–Kier alpha value is -2.88. The minimum atomic E-state index is -3.37. The summed E-state index contributed by atoms with van der Waals surface area (Å²) >= 11 is 0. The van der Waals surface area contributed by atoms with E-state index in [-0.39, 0.29) is 6.04 Å². The second kappa shape index (κ2) is 8.41. The number of hydrogen-bond acceptors (Lipinski definition) is 5. The third kappa shape index (κ3) is 4.05. The Kier molecular flexibility index (Phi) is 6.57. The van der Waals surface area contributed by atoms with E-state index in [1.54, 1.807) is 14.2 Å². The zero-order chi connectivity index (χ0) is 16.4. The van der Waals surface area contributed by atoms with Crippen LogP contribution < -0.4 is 9.47 Å². The van der Waals surface area contributed by atoms with Crippen LogP contribution in [0, 0.1) is 37.6 Å². The largest absolute Gasteiger partial charge is 0.725 e. The van der Waals surface area contributed by atoms with Gasteiger partial charge in [0.1, 0.15) is 11.5 Å². The summed E-state index contributed by atoms with van der Waals surface area (Å²) in [6.07, 6.45) is 22.0. The predicted molar refractivity (Wildman–Crippen MR) is 83.6 cm³/mol. The molecule has 0 aromatic heterocycles. The lowest BCUT2D eigenvalue weighted by atomic mass is 10.1. The summed E-state index contributed by atoms with van der Waals surface area (Å²) in [6, 6.07) is 5.71. The smallest absolute Gasteiger partial charge is 0.496 e. The van der Waals surface area contributed by atoms with Gasteiger partial charge in [-0.05, 0) is 18.6 Å². The fourth-order valence-electron chi connectivity index (χ4n) is 1.94. The van der Waals surface area contributed by atoms with Gasteiger partial charge in [-0.15, -0.1) is 0 Å². The summed E-state index contributed by atoms with van der Waals surface area (Å²) in [6.45, 7) is 0. The van der Waals surface area contributed by atoms with E-state index in [0.29, 0.717) is 17.9 Å². The molecule has 0 saturated carbocycles. The van der Waals surface area contributed by atoms with Crippen molar-refractivity contribution in [1.29, 1.82) is 0 Å². The maximum atomic E-state index is 5.32. The third-order valence-electron chi connectivity index (χ3n) is 2.85. The quantitative estimate of drug-likeness (QED) is 0.542. The third-order valence-corrected chi connectivity index (χ3v) is 5.00. The van der Waals surface area contributed by atoms with E-state index in [0.717, 1.165) is 5.56 Å². The molecule has 0 aliphatic heterocycles. The average Bonchev–Trinajstić information content (AvgIpc) is 2.53. The van der Waals surface area contributed by atoms with Gasteiger partial charge in [0.15, 0.2) is 0 Å². The first kappa shape index (κ1) is 17.2. The molecule has 22 heavy (non-hydrogen) atoms. The van der Waals surface area contributed by atoms with Crippen molar-refractivity contribution >= 4 is 8.80 Å². The number of hydrogen-bond donors (Lipinski definition) is 0. The van der Waals surface area contributed by atoms with Crippen LogP contribution in [0.25, 0.3) is 0 Å². The maximum Gasteiger partial charge on any atom is 0.725 e. The molecule has 0 amide bonds. The number of rotatable bonds is 8. The van der Waals surface area contributed by atoms with Crippen LogP contribution in [0.4, 0.5) is 0 Å². The zero-order valence-electron chi connectivity index (χ0n) is 12.4. The van der Waals surface area contributed by atoms with Crippen LogP contribution in [0.15, 0.2) is 18.2 Å². The van der Waals surface area contributed by atoms with Crippen molar-refractivity contribution in [3.05, 3.63) is 23.8 Å². The highest BCUT2D eigenvalue weighted by Crippen LogP contribution is 2.31. The molecule has 0 aliphatic carbocycles. The van der Waals surface area contributed by atoms with E-state index in [4.69, 9.17) is 42.0 Å². The SMILES string of the molecule is C#CO[Si](CCc1c(OC)cccc1OC)(OC#C)OC#C. The van der Waals surface area contributed by atoms with Gasteiger partial charge in [-0.3, -0.25) is 0 Å². The van der Waals surface area contributed by atoms with Crippen LogP contribution in [0.2, 0.25) is 6.04 Å². The van der Waals surface area contributed by atoms with Gasteiger partial charge in [-0.2, -0.15) is 0 Å². The van der Waals surface area contributed by atoms with Gasteiger partial charge >= 0.3 is 8.80 Å². The van der Waals surface area contributed by atoms with E-state index in [1.807, 2.05) is 36.5 Å². The number of benzene rings is 1. The Balaban J connectivity index is 3.06. The molecule has 0 bridgehead atoms. The predicted octanol–water partition coefficient (Wildman–Crippen LogP) is 2.01. The van der Waals surface area contributed by atoms with E-state index < -0.39 is 8.80 Å². The Morgan fingerprint density at radius 3 is 1.73 bits per heavy atom. The Bertz CT molecular complexity index is 558. The van der Waals surface area contributed by atoms with Crippen LogP contribution in [-0.2, 0) is 19.7 Å². The normalized spacial score (nSPS) is 9.59. The molecular weight excluding hydrogens is 300 g/mol. The van der Waals surface area contributed by atoms with Gasteiger partial charge < -0.3 is 22.8 Å². The van der Waals surface area contributed by atoms with Gasteiger partial charge in [0.05, 0.1) is 38.6 Å². The summed E-state index contributed by atoms with van der Waals surface area (Å²) < 4.78 is 26.1. The highest BCUT2D eigenvalue weighted by molar-refractivity contribution is 6.61. The van der Waals surface area contributed by atoms with Crippen molar-refractivity contribution in [2.45, 2.75) is 12.5 Å². The lowest BCUT2D eigenvalue weighted by Gasteiger charge is -2.21. The van der Waals surface area contributed by atoms with Crippen molar-refractivity contribution in [1.82, 2.24) is 0 Å². The van der Waals surface area contributed by atoms with Crippen molar-refractivity contribution in [3.8, 4) is 49.1 Å². The van der Waals surface area contributed by atoms with E-state index in [1.165, 1.54) is 0 Å². The summed E-state index contributed by atoms with van der Waals surface area (Å²) in [7, 11) is -0.237. The zero-order valence-corrected chi connectivity index (χ0v) is 13.4. The molecule has 0 heterocycles. The van der Waals surface area contributed by atoms with Gasteiger partial charge in [0.2, 0.25) is 0 Å². The van der Waals surface area contributed by atoms with E-state index in [2.05, 4.69) is 0 Å². The fraction of sp³-hybridized carbons (Fsp3) is 0.250. The molecule has 0 saturated heterocycles. The summed E-state index contributed by atoms with van der Waals surface area (Å²) in [5, 5.41) is 0. The Morgan fingerprint density at radius 1 is 0.909 bits per heavy atom. The topological polar surface area (TPSA) is 46.2 Å². The first-order valence-electron chi connectivity index (χ1n) is 6.27. The second-order valence-electron chi connectivity index (χ2n) is 3.98. The first-order valence-corrected chi connectivity index (χ1v) is 8.20. The molecule has 0 spiro atoms. The van der Waals surface area contributed by atoms with Crippen LogP contribution in [0.1, 0.15) is 5.56 Å². The molecule has 114 valence electrons. The number of ether oxygens (including phenoxy) is 2. The lowest BCUT2D eigenvalue weighted by molar-refractivity contribution is 0.212. The summed E-state index contributed by atoms with van der Waals surface area (Å²) in [5.41, 5.74) is 0.811. The molecule has 0 atom stereocenters. The molecule has 0 unspecified atom stereocenters. The fourth-order valence-corrected chi connectivity index (χ4v) is 3.46. The molecule has 0 fully saturated rings. The first-order chi connectivity index (χ1) is 10.7. The maximum absolute atomic E-state index is 5.32. The van der Waals surface area contributed by atoms with E-state index in [9.17, 15) is 0 Å². The number of methoxy groups -OCH3 is 2. The van der Waals surface area contributed by atoms with Crippen LogP contribution >= 0.6 is 0 Å². The highest BCUT2D eigenvalue weighted by Gasteiger charge is 2.48. The molecule has 6 heteroatoms. The monoisotopic (exact) mass is 316 g/mol. The van der Waals surface area contributed by atoms with Crippen molar-refractivity contribution in [2.75, 3.05) is 14.2 Å². The van der Waals surface area contributed by atoms with Crippen molar-refractivity contribution in [3.63, 3.8) is 0 Å². The second-order valence-corrected chi connectivity index (χ2v) is 6.46. The molecule has 1 aromatic rings. The molecule has 0 N–H and O–H groups in total. The van der Waals surface area contributed by atoms with Crippen molar-refractivity contribution < 1.29 is 22.8 Å². The Labute approximate surface area is 131 Å². The van der Waals surface area contributed by atoms with Crippen molar-refractivity contribution in [2.24, 2.45) is 0 Å². The molecule has 5 nitrogen and oxygen atoms in total. The summed E-state index contributed by atoms with van der Waals surface area (Å²) in [5.74, 6) is 1.31. The molecule has 1 aromatic carbocycles. The van der Waals surface area contributed by atoms with Crippen LogP contribution in [0.3, 0.4) is 0 Å². The van der Waals surface area contributed by atoms with Crippen LogP contribution in [0.5, 0.6) is 11.5 Å². The van der Waals surface area contributed by atoms with Crippen LogP contribution in [-0.4, -0.2) is 23.0 Å². The van der Waals surface area contributed by atoms with Gasteiger partial charge in [0.25, 0.3) is 0 Å². The molecule has 0 radical (unpaired) electrons. The Morgan fingerprint density at radius 2 is 1.36 bits per heavy atom. The van der Waals surface area contributed by atoms with Gasteiger partial charge in [0, 0.05) is 5.56 Å². The number of terminal acetylenes is 3. The minimum absolute atomic E-state index is 0.266. The molecular formula is C16H16O5Si. The van der Waals surface area contributed by atoms with E-state index >= 15 is 0 Å². The van der Waals surface area contributed by atoms with Gasteiger partial charge in [-0.1, -0.05) is 25.3 Å². The molecule has 0 aliphatic rings. The van der Waals surface area contributed by atoms with Gasteiger partial charge in [-0.25, -0.2) is 0 Å². The lowest BCUT2D eigenvalue weighted by Crippen LogP contribution is -2.42. The molecule has 1 rings (SSSR count). The highest BCUT2D eigenvalue weighted by atomic mass is 28.4. The average molecular weight is 316 g/mol. The summed E-state index contributed by atoms with van der Waals surface area (Å²) in [4.78, 5) is 0. The standard InChI is InChI=1S/C16H16O5Si/c1-6-19-22(20-7-2,21-8-3)13-12-14-15(17-4)10-9-11-16(14)18-5/h1-3,9-11H,12-13H2,4-5H3.